The van der Waals surface area contributed by atoms with Gasteiger partial charge < -0.3 is 15.4 Å². The van der Waals surface area contributed by atoms with E-state index in [9.17, 15) is 20.0 Å². The summed E-state index contributed by atoms with van der Waals surface area (Å²) in [7, 11) is 1.53. The van der Waals surface area contributed by atoms with Gasteiger partial charge in [-0.1, -0.05) is 0 Å². The number of amides is 1. The smallest absolute Gasteiger partial charge is 0.294 e. The number of nitro groups is 1. The fraction of sp³-hybridized carbons (Fsp3) is 0.417. The largest absolute Gasteiger partial charge is 0.394 e. The summed E-state index contributed by atoms with van der Waals surface area (Å²) in [5, 5.41) is 20.2. The van der Waals surface area contributed by atoms with Crippen molar-refractivity contribution in [2.75, 3.05) is 19.1 Å². The summed E-state index contributed by atoms with van der Waals surface area (Å²) < 4.78 is 0. The summed E-state index contributed by atoms with van der Waals surface area (Å²) in [6.45, 7) is 3.16. The van der Waals surface area contributed by atoms with Gasteiger partial charge in [-0.15, -0.1) is 0 Å². The van der Waals surface area contributed by atoms with Crippen molar-refractivity contribution in [3.8, 4) is 0 Å². The van der Waals surface area contributed by atoms with Crippen molar-refractivity contribution in [2.45, 2.75) is 19.4 Å². The molecule has 0 unspecified atom stereocenters. The number of rotatable bonds is 5. The quantitative estimate of drug-likeness (QED) is 0.415. The molecule has 1 aromatic rings. The highest BCUT2D eigenvalue weighted by atomic mass is 16.6. The van der Waals surface area contributed by atoms with E-state index in [1.807, 2.05) is 0 Å². The Bertz CT molecular complexity index is 530. The maximum atomic E-state index is 12.3. The molecular weight excluding hydrogens is 264 g/mol. The number of carbonyl (C=O) groups excluding carboxylic acids is 1. The third-order valence-corrected chi connectivity index (χ3v) is 3.20. The summed E-state index contributed by atoms with van der Waals surface area (Å²) >= 11 is 0. The Balaban J connectivity index is 3.18. The minimum atomic E-state index is -0.767. The van der Waals surface area contributed by atoms with Crippen LogP contribution in [0, 0.1) is 10.1 Å². The highest BCUT2D eigenvalue weighted by Gasteiger charge is 2.28. The van der Waals surface area contributed by atoms with Crippen LogP contribution in [-0.4, -0.2) is 40.0 Å². The number of nitrogens with one attached hydrogen (secondary N) is 1. The van der Waals surface area contributed by atoms with Crippen molar-refractivity contribution >= 4 is 17.3 Å². The molecule has 20 heavy (non-hydrogen) atoms. The molecule has 0 aliphatic rings. The second kappa shape index (κ2) is 5.85. The summed E-state index contributed by atoms with van der Waals surface area (Å²) in [5.74, 6) is 4.76. The molecular formula is C12H18N4O4. The van der Waals surface area contributed by atoms with Crippen LogP contribution in [0.25, 0.3) is 0 Å². The van der Waals surface area contributed by atoms with Gasteiger partial charge in [0.15, 0.2) is 0 Å². The van der Waals surface area contributed by atoms with Crippen LogP contribution in [0.15, 0.2) is 18.2 Å². The molecule has 0 bridgehead atoms. The Hall–Kier alpha value is -2.19. The number of nitrogens with zero attached hydrogens (tertiary/aromatic N) is 2. The Kier molecular flexibility index (Phi) is 4.64. The molecule has 1 amide bonds. The van der Waals surface area contributed by atoms with Crippen LogP contribution in [0.2, 0.25) is 0 Å². The Labute approximate surface area is 116 Å². The van der Waals surface area contributed by atoms with Gasteiger partial charge in [-0.05, 0) is 26.0 Å². The van der Waals surface area contributed by atoms with E-state index in [0.29, 0.717) is 0 Å². The molecule has 8 nitrogen and oxygen atoms in total. The van der Waals surface area contributed by atoms with Gasteiger partial charge in [-0.2, -0.15) is 0 Å². The predicted molar refractivity (Wildman–Crippen MR) is 74.2 cm³/mol. The minimum absolute atomic E-state index is 0.121. The van der Waals surface area contributed by atoms with Crippen LogP contribution in [-0.2, 0) is 0 Å². The fourth-order valence-corrected chi connectivity index (χ4v) is 1.51. The SMILES string of the molecule is CN(C(=O)c1ccc(NN)c([N+](=O)[O-])c1)C(C)(C)CO. The molecule has 0 aliphatic heterocycles. The fourth-order valence-electron chi connectivity index (χ4n) is 1.51. The summed E-state index contributed by atoms with van der Waals surface area (Å²) in [4.78, 5) is 23.9. The molecule has 4 N–H and O–H groups in total. The topological polar surface area (TPSA) is 122 Å². The molecule has 0 aromatic heterocycles. The first-order valence-electron chi connectivity index (χ1n) is 5.88. The van der Waals surface area contributed by atoms with Gasteiger partial charge in [-0.25, -0.2) is 0 Å². The Morgan fingerprint density at radius 2 is 2.15 bits per heavy atom. The molecule has 0 radical (unpaired) electrons. The van der Waals surface area contributed by atoms with E-state index in [0.717, 1.165) is 6.07 Å². The number of carbonyl (C=O) groups is 1. The normalized spacial score (nSPS) is 11.1. The number of aliphatic hydroxyl groups is 1. The van der Waals surface area contributed by atoms with E-state index >= 15 is 0 Å². The third-order valence-electron chi connectivity index (χ3n) is 3.20. The van der Waals surface area contributed by atoms with Gasteiger partial charge in [0.25, 0.3) is 11.6 Å². The van der Waals surface area contributed by atoms with Gasteiger partial charge in [0.05, 0.1) is 17.1 Å². The molecule has 1 aromatic carbocycles. The predicted octanol–water partition coefficient (Wildman–Crippen LogP) is 0.723. The van der Waals surface area contributed by atoms with Crippen LogP contribution < -0.4 is 11.3 Å². The van der Waals surface area contributed by atoms with Gasteiger partial charge in [0.2, 0.25) is 0 Å². The van der Waals surface area contributed by atoms with Gasteiger partial charge in [-0.3, -0.25) is 20.8 Å². The first-order chi connectivity index (χ1) is 9.24. The zero-order valence-electron chi connectivity index (χ0n) is 11.6. The number of likely N-dealkylation sites (N-methyl/N-ethyl adjacent to an activating group) is 1. The maximum absolute atomic E-state index is 12.3. The van der Waals surface area contributed by atoms with Gasteiger partial charge >= 0.3 is 0 Å². The van der Waals surface area contributed by atoms with Crippen molar-refractivity contribution in [2.24, 2.45) is 5.84 Å². The molecule has 110 valence electrons. The van der Waals surface area contributed by atoms with E-state index in [1.165, 1.54) is 24.1 Å². The van der Waals surface area contributed by atoms with E-state index in [1.54, 1.807) is 13.8 Å². The van der Waals surface area contributed by atoms with E-state index in [-0.39, 0.29) is 23.5 Å². The second-order valence-corrected chi connectivity index (χ2v) is 4.97. The second-order valence-electron chi connectivity index (χ2n) is 4.97. The van der Waals surface area contributed by atoms with Crippen molar-refractivity contribution in [1.29, 1.82) is 0 Å². The average molecular weight is 282 g/mol. The number of hydrogen-bond donors (Lipinski definition) is 3. The lowest BCUT2D eigenvalue weighted by atomic mass is 10.0. The van der Waals surface area contributed by atoms with Crippen molar-refractivity contribution < 1.29 is 14.8 Å². The number of hydrogen-bond acceptors (Lipinski definition) is 6. The number of nitrogens with two attached hydrogens (primary N) is 1. The van der Waals surface area contributed by atoms with E-state index < -0.39 is 16.4 Å². The number of aliphatic hydroxyl groups excluding tert-OH is 1. The molecule has 8 heteroatoms. The summed E-state index contributed by atoms with van der Waals surface area (Å²) in [6, 6.07) is 3.96. The standard InChI is InChI=1S/C12H18N4O4/c1-12(2,7-17)15(3)11(18)8-4-5-9(14-13)10(6-8)16(19)20/h4-6,14,17H,7,13H2,1-3H3. The molecule has 0 atom stereocenters. The van der Waals surface area contributed by atoms with E-state index in [4.69, 9.17) is 5.84 Å². The monoisotopic (exact) mass is 282 g/mol. The lowest BCUT2D eigenvalue weighted by Crippen LogP contribution is -2.47. The van der Waals surface area contributed by atoms with Crippen LogP contribution >= 0.6 is 0 Å². The van der Waals surface area contributed by atoms with Crippen LogP contribution in [0.4, 0.5) is 11.4 Å². The molecule has 0 saturated heterocycles. The first-order valence-corrected chi connectivity index (χ1v) is 5.88. The average Bonchev–Trinajstić information content (AvgIpc) is 2.44. The van der Waals surface area contributed by atoms with Crippen molar-refractivity contribution in [1.82, 2.24) is 4.90 Å². The third kappa shape index (κ3) is 3.03. The molecule has 0 spiro atoms. The molecule has 0 fully saturated rings. The lowest BCUT2D eigenvalue weighted by molar-refractivity contribution is -0.384. The minimum Gasteiger partial charge on any atom is -0.394 e. The van der Waals surface area contributed by atoms with Crippen LogP contribution in [0.3, 0.4) is 0 Å². The lowest BCUT2D eigenvalue weighted by Gasteiger charge is -2.34. The molecule has 0 saturated carbocycles. The Morgan fingerprint density at radius 1 is 1.55 bits per heavy atom. The molecule has 0 aliphatic carbocycles. The summed E-state index contributed by atoms with van der Waals surface area (Å²) in [5.41, 5.74) is 1.43. The molecule has 1 rings (SSSR count). The summed E-state index contributed by atoms with van der Waals surface area (Å²) in [6.07, 6.45) is 0. The number of anilines is 1. The zero-order chi connectivity index (χ0) is 15.5. The van der Waals surface area contributed by atoms with Crippen molar-refractivity contribution in [3.63, 3.8) is 0 Å². The van der Waals surface area contributed by atoms with Crippen LogP contribution in [0.5, 0.6) is 0 Å². The number of benzene rings is 1. The van der Waals surface area contributed by atoms with E-state index in [2.05, 4.69) is 5.43 Å². The highest BCUT2D eigenvalue weighted by Crippen LogP contribution is 2.26. The number of hydrazine groups is 1. The number of nitrogen functional groups attached to an aromatic ring is 1. The van der Waals surface area contributed by atoms with Crippen molar-refractivity contribution in [3.05, 3.63) is 33.9 Å². The number of nitro benzene ring substituents is 1. The highest BCUT2D eigenvalue weighted by molar-refractivity contribution is 5.96. The maximum Gasteiger partial charge on any atom is 0.294 e. The molecule has 0 heterocycles. The van der Waals surface area contributed by atoms with Gasteiger partial charge in [0, 0.05) is 18.7 Å². The zero-order valence-corrected chi connectivity index (χ0v) is 11.6. The Morgan fingerprint density at radius 3 is 2.60 bits per heavy atom. The van der Waals surface area contributed by atoms with Gasteiger partial charge in [0.1, 0.15) is 5.69 Å². The van der Waals surface area contributed by atoms with Crippen LogP contribution in [0.1, 0.15) is 24.2 Å². The first kappa shape index (κ1) is 15.9.